The van der Waals surface area contributed by atoms with Gasteiger partial charge >= 0.3 is 0 Å². The molecule has 1 fully saturated rings. The lowest BCUT2D eigenvalue weighted by Crippen LogP contribution is -2.33. The van der Waals surface area contributed by atoms with E-state index in [4.69, 9.17) is 0 Å². The van der Waals surface area contributed by atoms with E-state index in [1.165, 1.54) is 5.56 Å². The van der Waals surface area contributed by atoms with Crippen LogP contribution in [0.25, 0.3) is 0 Å². The third kappa shape index (κ3) is 2.84. The second kappa shape index (κ2) is 5.28. The van der Waals surface area contributed by atoms with Gasteiger partial charge in [-0.2, -0.15) is 0 Å². The quantitative estimate of drug-likeness (QED) is 0.886. The molecule has 1 atom stereocenters. The minimum atomic E-state index is -2.83. The second-order valence-corrected chi connectivity index (χ2v) is 7.06. The molecular weight excluding hydrogens is 248 g/mol. The van der Waals surface area contributed by atoms with Crippen molar-refractivity contribution in [2.24, 2.45) is 0 Å². The number of sulfone groups is 1. The van der Waals surface area contributed by atoms with Crippen LogP contribution in [0.1, 0.15) is 12.0 Å². The molecule has 1 aromatic carbocycles. The Labute approximate surface area is 109 Å². The fraction of sp³-hybridized carbons (Fsp3) is 0.538. The smallest absolute Gasteiger partial charge is 0.152 e. The molecule has 1 heterocycles. The maximum absolute atomic E-state index is 11.5. The number of nitrogens with one attached hydrogen (secondary N) is 1. The van der Waals surface area contributed by atoms with Crippen molar-refractivity contribution in [1.82, 2.24) is 5.32 Å². The Bertz CT molecular complexity index is 513. The third-order valence-electron chi connectivity index (χ3n) is 3.49. The number of hydrogen-bond acceptors (Lipinski definition) is 4. The predicted octanol–water partition coefficient (Wildman–Crippen LogP) is 1.03. The van der Waals surface area contributed by atoms with E-state index in [1.807, 2.05) is 26.2 Å². The Balaban J connectivity index is 2.21. The zero-order valence-electron chi connectivity index (χ0n) is 10.9. The first-order valence-corrected chi connectivity index (χ1v) is 8.01. The van der Waals surface area contributed by atoms with E-state index < -0.39 is 9.84 Å². The molecule has 5 heteroatoms. The molecule has 1 aliphatic heterocycles. The summed E-state index contributed by atoms with van der Waals surface area (Å²) in [6.07, 6.45) is 0.729. The molecule has 0 saturated carbocycles. The Kier molecular flexibility index (Phi) is 3.92. The van der Waals surface area contributed by atoms with Crippen molar-refractivity contribution in [1.29, 1.82) is 0 Å². The normalized spacial score (nSPS) is 22.0. The van der Waals surface area contributed by atoms with Crippen molar-refractivity contribution in [3.05, 3.63) is 29.8 Å². The summed E-state index contributed by atoms with van der Waals surface area (Å²) in [6.45, 7) is 0.792. The van der Waals surface area contributed by atoms with Crippen LogP contribution < -0.4 is 10.2 Å². The second-order valence-electron chi connectivity index (χ2n) is 4.83. The van der Waals surface area contributed by atoms with E-state index in [1.54, 1.807) is 0 Å². The van der Waals surface area contributed by atoms with Crippen LogP contribution in [0.15, 0.2) is 24.3 Å². The van der Waals surface area contributed by atoms with E-state index in [9.17, 15) is 8.42 Å². The molecule has 4 nitrogen and oxygen atoms in total. The molecule has 0 radical (unpaired) electrons. The number of rotatable bonds is 4. The fourth-order valence-electron chi connectivity index (χ4n) is 2.47. The van der Waals surface area contributed by atoms with Crippen LogP contribution in [0.5, 0.6) is 0 Å². The average Bonchev–Trinajstić information content (AvgIpc) is 2.70. The number of benzene rings is 1. The first-order valence-electron chi connectivity index (χ1n) is 6.19. The molecule has 1 saturated heterocycles. The van der Waals surface area contributed by atoms with Gasteiger partial charge in [0.15, 0.2) is 9.84 Å². The first-order chi connectivity index (χ1) is 8.53. The molecule has 1 unspecified atom stereocenters. The molecule has 0 amide bonds. The van der Waals surface area contributed by atoms with Gasteiger partial charge in [-0.3, -0.25) is 0 Å². The Hall–Kier alpha value is -1.07. The van der Waals surface area contributed by atoms with Gasteiger partial charge < -0.3 is 10.2 Å². The van der Waals surface area contributed by atoms with Gasteiger partial charge in [0.2, 0.25) is 0 Å². The van der Waals surface area contributed by atoms with Gasteiger partial charge in [-0.15, -0.1) is 0 Å². The molecule has 0 aromatic heterocycles. The summed E-state index contributed by atoms with van der Waals surface area (Å²) in [5, 5.41) is 3.14. The largest absolute Gasteiger partial charge is 0.370 e. The Morgan fingerprint density at radius 3 is 2.72 bits per heavy atom. The van der Waals surface area contributed by atoms with Gasteiger partial charge in [-0.1, -0.05) is 18.2 Å². The highest BCUT2D eigenvalue weighted by molar-refractivity contribution is 7.91. The lowest BCUT2D eigenvalue weighted by atomic mass is 10.1. The number of para-hydroxylation sites is 1. The van der Waals surface area contributed by atoms with Gasteiger partial charge in [0, 0.05) is 25.3 Å². The highest BCUT2D eigenvalue weighted by atomic mass is 32.2. The van der Waals surface area contributed by atoms with Gasteiger partial charge in [0.05, 0.1) is 11.5 Å². The van der Waals surface area contributed by atoms with Crippen LogP contribution in [0.4, 0.5) is 5.69 Å². The SMILES string of the molecule is CNCc1ccccc1N(C)C1CCS(=O)(=O)C1. The van der Waals surface area contributed by atoms with E-state index in [0.717, 1.165) is 18.7 Å². The lowest BCUT2D eigenvalue weighted by Gasteiger charge is -2.28. The maximum Gasteiger partial charge on any atom is 0.152 e. The number of hydrogen-bond donors (Lipinski definition) is 1. The molecule has 100 valence electrons. The van der Waals surface area contributed by atoms with Crippen LogP contribution in [0.2, 0.25) is 0 Å². The highest BCUT2D eigenvalue weighted by Gasteiger charge is 2.31. The van der Waals surface area contributed by atoms with Gasteiger partial charge in [0.25, 0.3) is 0 Å². The molecule has 0 bridgehead atoms. The molecule has 0 spiro atoms. The standard InChI is InChI=1S/C13H20N2O2S/c1-14-9-11-5-3-4-6-13(11)15(2)12-7-8-18(16,17)10-12/h3-6,12,14H,7-10H2,1-2H3. The van der Waals surface area contributed by atoms with Crippen molar-refractivity contribution in [2.75, 3.05) is 30.5 Å². The van der Waals surface area contributed by atoms with Gasteiger partial charge in [-0.05, 0) is 25.1 Å². The maximum atomic E-state index is 11.5. The van der Waals surface area contributed by atoms with Crippen LogP contribution in [0, 0.1) is 0 Å². The molecule has 1 aliphatic rings. The zero-order valence-corrected chi connectivity index (χ0v) is 11.7. The number of nitrogens with zero attached hydrogens (tertiary/aromatic N) is 1. The summed E-state index contributed by atoms with van der Waals surface area (Å²) in [5.74, 6) is 0.591. The summed E-state index contributed by atoms with van der Waals surface area (Å²) < 4.78 is 23.1. The van der Waals surface area contributed by atoms with Crippen molar-refractivity contribution >= 4 is 15.5 Å². The molecular formula is C13H20N2O2S. The predicted molar refractivity (Wildman–Crippen MR) is 74.7 cm³/mol. The number of anilines is 1. The van der Waals surface area contributed by atoms with Crippen molar-refractivity contribution in [3.63, 3.8) is 0 Å². The van der Waals surface area contributed by atoms with E-state index in [2.05, 4.69) is 22.3 Å². The summed E-state index contributed by atoms with van der Waals surface area (Å²) in [7, 11) is 1.07. The Morgan fingerprint density at radius 2 is 2.11 bits per heavy atom. The monoisotopic (exact) mass is 268 g/mol. The van der Waals surface area contributed by atoms with E-state index >= 15 is 0 Å². The third-order valence-corrected chi connectivity index (χ3v) is 5.25. The lowest BCUT2D eigenvalue weighted by molar-refractivity contribution is 0.600. The Morgan fingerprint density at radius 1 is 1.39 bits per heavy atom. The molecule has 1 aromatic rings. The van der Waals surface area contributed by atoms with E-state index in [0.29, 0.717) is 5.75 Å². The fourth-order valence-corrected chi connectivity index (χ4v) is 4.25. The van der Waals surface area contributed by atoms with Crippen LogP contribution in [-0.4, -0.2) is 40.1 Å². The minimum Gasteiger partial charge on any atom is -0.370 e. The minimum absolute atomic E-state index is 0.105. The van der Waals surface area contributed by atoms with Crippen molar-refractivity contribution in [3.8, 4) is 0 Å². The average molecular weight is 268 g/mol. The summed E-state index contributed by atoms with van der Waals surface area (Å²) in [6, 6.07) is 8.24. The molecule has 18 heavy (non-hydrogen) atoms. The van der Waals surface area contributed by atoms with Crippen LogP contribution in [0.3, 0.4) is 0 Å². The van der Waals surface area contributed by atoms with Crippen LogP contribution in [-0.2, 0) is 16.4 Å². The topological polar surface area (TPSA) is 49.4 Å². The first kappa shape index (κ1) is 13.4. The summed E-state index contributed by atoms with van der Waals surface area (Å²) >= 11 is 0. The molecule has 1 N–H and O–H groups in total. The molecule has 2 rings (SSSR count). The molecule has 0 aliphatic carbocycles. The van der Waals surface area contributed by atoms with Crippen LogP contribution >= 0.6 is 0 Å². The van der Waals surface area contributed by atoms with Gasteiger partial charge in [-0.25, -0.2) is 8.42 Å². The summed E-state index contributed by atoms with van der Waals surface area (Å²) in [4.78, 5) is 2.11. The highest BCUT2D eigenvalue weighted by Crippen LogP contribution is 2.25. The summed E-state index contributed by atoms with van der Waals surface area (Å²) in [5.41, 5.74) is 2.32. The van der Waals surface area contributed by atoms with E-state index in [-0.39, 0.29) is 11.8 Å². The van der Waals surface area contributed by atoms with Crippen molar-refractivity contribution < 1.29 is 8.42 Å². The van der Waals surface area contributed by atoms with Crippen molar-refractivity contribution in [2.45, 2.75) is 19.0 Å². The van der Waals surface area contributed by atoms with Gasteiger partial charge in [0.1, 0.15) is 0 Å². The zero-order chi connectivity index (χ0) is 13.2.